The quantitative estimate of drug-likeness (QED) is 0.651. The minimum absolute atomic E-state index is 0.157. The zero-order chi connectivity index (χ0) is 20.0. The van der Waals surface area contributed by atoms with Gasteiger partial charge in [-0.25, -0.2) is 18.4 Å². The van der Waals surface area contributed by atoms with Crippen molar-refractivity contribution in [1.29, 1.82) is 0 Å². The number of aliphatic imine (C=N–C) groups is 1. The van der Waals surface area contributed by atoms with Gasteiger partial charge in [-0.2, -0.15) is 5.10 Å². The summed E-state index contributed by atoms with van der Waals surface area (Å²) in [5.41, 5.74) is 5.97. The molecule has 3 aromatic rings. The van der Waals surface area contributed by atoms with Crippen LogP contribution in [0.5, 0.6) is 0 Å². The largest absolute Gasteiger partial charge is 0.354 e. The van der Waals surface area contributed by atoms with Gasteiger partial charge in [-0.1, -0.05) is 12.1 Å². The Kier molecular flexibility index (Phi) is 4.20. The van der Waals surface area contributed by atoms with Gasteiger partial charge >= 0.3 is 0 Å². The molecule has 0 unspecified atom stereocenters. The number of nitrogens with zero attached hydrogens (tertiary/aromatic N) is 6. The molecule has 8 nitrogen and oxygen atoms in total. The normalized spacial score (nSPS) is 17.8. The van der Waals surface area contributed by atoms with Crippen LogP contribution in [0.1, 0.15) is 16.8 Å². The summed E-state index contributed by atoms with van der Waals surface area (Å²) in [5, 5.41) is 4.25. The average Bonchev–Trinajstić information content (AvgIpc) is 3.34. The first-order valence-electron chi connectivity index (χ1n) is 9.43. The molecule has 0 saturated carbocycles. The van der Waals surface area contributed by atoms with Crippen LogP contribution in [0.4, 0.5) is 5.82 Å². The van der Waals surface area contributed by atoms with Crippen LogP contribution in [-0.2, 0) is 23.4 Å². The number of rotatable bonds is 3. The Morgan fingerprint density at radius 2 is 1.86 bits per heavy atom. The minimum Gasteiger partial charge on any atom is -0.354 e. The number of anilines is 1. The maximum atomic E-state index is 11.7. The van der Waals surface area contributed by atoms with E-state index in [4.69, 9.17) is 4.99 Å². The SMILES string of the molecule is Cn1cc(-c2ccc3c(c2)C(c2cc(N4CCS(=O)(=O)CC4)ncn2)=NC3)cn1. The van der Waals surface area contributed by atoms with E-state index in [2.05, 4.69) is 33.3 Å². The predicted octanol–water partition coefficient (Wildman–Crippen LogP) is 1.46. The van der Waals surface area contributed by atoms with Crippen molar-refractivity contribution < 1.29 is 8.42 Å². The zero-order valence-corrected chi connectivity index (χ0v) is 16.8. The monoisotopic (exact) mass is 408 g/mol. The van der Waals surface area contributed by atoms with E-state index in [1.165, 1.54) is 6.33 Å². The number of hydrogen-bond donors (Lipinski definition) is 0. The second-order valence-corrected chi connectivity index (χ2v) is 9.64. The predicted molar refractivity (Wildman–Crippen MR) is 111 cm³/mol. The molecule has 0 atom stereocenters. The molecule has 1 aromatic carbocycles. The first kappa shape index (κ1) is 18.0. The molecule has 148 valence electrons. The van der Waals surface area contributed by atoms with Crippen molar-refractivity contribution in [2.45, 2.75) is 6.54 Å². The molecule has 5 rings (SSSR count). The van der Waals surface area contributed by atoms with E-state index < -0.39 is 9.84 Å². The number of benzene rings is 1. The highest BCUT2D eigenvalue weighted by Crippen LogP contribution is 2.29. The van der Waals surface area contributed by atoms with Crippen LogP contribution in [0, 0.1) is 0 Å². The van der Waals surface area contributed by atoms with Crippen LogP contribution in [0.15, 0.2) is 48.0 Å². The van der Waals surface area contributed by atoms with E-state index in [1.807, 2.05) is 30.4 Å². The molecule has 0 aliphatic carbocycles. The van der Waals surface area contributed by atoms with Crippen LogP contribution in [0.3, 0.4) is 0 Å². The molecule has 4 heterocycles. The molecule has 0 amide bonds. The van der Waals surface area contributed by atoms with Gasteiger partial charge in [0.15, 0.2) is 9.84 Å². The van der Waals surface area contributed by atoms with E-state index in [-0.39, 0.29) is 11.5 Å². The Morgan fingerprint density at radius 3 is 2.62 bits per heavy atom. The summed E-state index contributed by atoms with van der Waals surface area (Å²) in [5.74, 6) is 1.05. The molecule has 0 spiro atoms. The van der Waals surface area contributed by atoms with Crippen molar-refractivity contribution in [3.05, 3.63) is 59.8 Å². The first-order chi connectivity index (χ1) is 14.0. The topological polar surface area (TPSA) is 93.3 Å². The Morgan fingerprint density at radius 1 is 1.03 bits per heavy atom. The van der Waals surface area contributed by atoms with Gasteiger partial charge in [0.25, 0.3) is 0 Å². The summed E-state index contributed by atoms with van der Waals surface area (Å²) in [4.78, 5) is 15.5. The van der Waals surface area contributed by atoms with E-state index in [1.54, 1.807) is 4.68 Å². The van der Waals surface area contributed by atoms with Gasteiger partial charge < -0.3 is 4.90 Å². The lowest BCUT2D eigenvalue weighted by Crippen LogP contribution is -2.40. The van der Waals surface area contributed by atoms with Crippen molar-refractivity contribution in [3.63, 3.8) is 0 Å². The highest BCUT2D eigenvalue weighted by molar-refractivity contribution is 7.91. The molecule has 2 aliphatic heterocycles. The molecule has 0 radical (unpaired) electrons. The molecular formula is C20H20N6O2S. The van der Waals surface area contributed by atoms with Gasteiger partial charge in [0, 0.05) is 43.5 Å². The standard InChI is InChI=1S/C20H20N6O2S/c1-25-12-16(11-24-25)14-2-3-15-10-21-20(17(15)8-14)18-9-19(23-13-22-18)26-4-6-29(27,28)7-5-26/h2-3,8-9,11-13H,4-7,10H2,1H3. The molecule has 1 saturated heterocycles. The molecule has 29 heavy (non-hydrogen) atoms. The maximum absolute atomic E-state index is 11.7. The number of hydrogen-bond acceptors (Lipinski definition) is 7. The van der Waals surface area contributed by atoms with Crippen LogP contribution < -0.4 is 4.90 Å². The van der Waals surface area contributed by atoms with Crippen molar-refractivity contribution >= 4 is 21.4 Å². The molecular weight excluding hydrogens is 388 g/mol. The summed E-state index contributed by atoms with van der Waals surface area (Å²) >= 11 is 0. The van der Waals surface area contributed by atoms with E-state index >= 15 is 0 Å². The summed E-state index contributed by atoms with van der Waals surface area (Å²) in [6.07, 6.45) is 5.36. The second-order valence-electron chi connectivity index (χ2n) is 7.34. The van der Waals surface area contributed by atoms with Gasteiger partial charge in [0.2, 0.25) is 0 Å². The Labute approximate surface area is 168 Å². The highest BCUT2D eigenvalue weighted by atomic mass is 32.2. The second kappa shape index (κ2) is 6.77. The molecule has 2 aromatic heterocycles. The lowest BCUT2D eigenvalue weighted by Gasteiger charge is -2.27. The summed E-state index contributed by atoms with van der Waals surface area (Å²) in [6, 6.07) is 8.23. The van der Waals surface area contributed by atoms with Gasteiger partial charge in [0.05, 0.1) is 35.7 Å². The van der Waals surface area contributed by atoms with Crippen LogP contribution >= 0.6 is 0 Å². The number of aromatic nitrogens is 4. The van der Waals surface area contributed by atoms with Gasteiger partial charge in [-0.05, 0) is 17.2 Å². The third-order valence-corrected chi connectivity index (χ3v) is 6.98. The minimum atomic E-state index is -2.93. The van der Waals surface area contributed by atoms with Crippen molar-refractivity contribution in [2.24, 2.45) is 12.0 Å². The highest BCUT2D eigenvalue weighted by Gasteiger charge is 2.24. The van der Waals surface area contributed by atoms with Gasteiger partial charge in [-0.15, -0.1) is 0 Å². The average molecular weight is 408 g/mol. The fourth-order valence-electron chi connectivity index (χ4n) is 3.74. The lowest BCUT2D eigenvalue weighted by atomic mass is 9.98. The molecule has 2 aliphatic rings. The first-order valence-corrected chi connectivity index (χ1v) is 11.3. The smallest absolute Gasteiger partial charge is 0.153 e. The number of aryl methyl sites for hydroxylation is 1. The van der Waals surface area contributed by atoms with E-state index in [0.29, 0.717) is 19.6 Å². The Hall–Kier alpha value is -3.07. The van der Waals surface area contributed by atoms with Crippen LogP contribution in [-0.4, -0.2) is 58.5 Å². The van der Waals surface area contributed by atoms with Gasteiger partial charge in [-0.3, -0.25) is 9.67 Å². The summed E-state index contributed by atoms with van der Waals surface area (Å²) in [6.45, 7) is 1.53. The molecule has 9 heteroatoms. The zero-order valence-electron chi connectivity index (χ0n) is 16.0. The Bertz CT molecular complexity index is 1220. The third-order valence-electron chi connectivity index (χ3n) is 5.37. The maximum Gasteiger partial charge on any atom is 0.153 e. The summed E-state index contributed by atoms with van der Waals surface area (Å²) < 4.78 is 25.2. The molecule has 0 N–H and O–H groups in total. The molecule has 1 fully saturated rings. The fourth-order valence-corrected chi connectivity index (χ4v) is 4.95. The molecule has 0 bridgehead atoms. The van der Waals surface area contributed by atoms with Crippen molar-refractivity contribution in [1.82, 2.24) is 19.7 Å². The van der Waals surface area contributed by atoms with Crippen molar-refractivity contribution in [3.8, 4) is 11.1 Å². The van der Waals surface area contributed by atoms with Crippen molar-refractivity contribution in [2.75, 3.05) is 29.5 Å². The summed E-state index contributed by atoms with van der Waals surface area (Å²) in [7, 11) is -1.03. The van der Waals surface area contributed by atoms with E-state index in [9.17, 15) is 8.42 Å². The Balaban J connectivity index is 1.46. The number of sulfone groups is 1. The van der Waals surface area contributed by atoms with Crippen LogP contribution in [0.25, 0.3) is 11.1 Å². The van der Waals surface area contributed by atoms with Crippen LogP contribution in [0.2, 0.25) is 0 Å². The number of fused-ring (bicyclic) bond motifs is 1. The fraction of sp³-hybridized carbons (Fsp3) is 0.300. The van der Waals surface area contributed by atoms with Gasteiger partial charge in [0.1, 0.15) is 12.1 Å². The third kappa shape index (κ3) is 3.42. The van der Waals surface area contributed by atoms with E-state index in [0.717, 1.165) is 39.5 Å². The lowest BCUT2D eigenvalue weighted by molar-refractivity contribution is 0.586.